The van der Waals surface area contributed by atoms with Gasteiger partial charge in [0.05, 0.1) is 11.2 Å². The molecular weight excluding hydrogens is 400 g/mol. The van der Waals surface area contributed by atoms with E-state index in [9.17, 15) is 4.79 Å². The minimum absolute atomic E-state index is 0.188. The van der Waals surface area contributed by atoms with Crippen LogP contribution in [0.1, 0.15) is 48.2 Å². The molecule has 1 aromatic heterocycles. The largest absolute Gasteiger partial charge is 0.487 e. The van der Waals surface area contributed by atoms with Gasteiger partial charge in [-0.05, 0) is 49.2 Å². The Labute approximate surface area is 178 Å². The number of nitrogens with one attached hydrogen (secondary N) is 1. The number of hydrogen-bond donors (Lipinski definition) is 1. The molecule has 1 aliphatic carbocycles. The van der Waals surface area contributed by atoms with E-state index in [2.05, 4.69) is 10.3 Å². The minimum atomic E-state index is -0.516. The topological polar surface area (TPSA) is 69.7 Å². The lowest BCUT2D eigenvalue weighted by Crippen LogP contribution is -2.40. The van der Waals surface area contributed by atoms with Crippen molar-refractivity contribution in [3.63, 3.8) is 0 Å². The highest BCUT2D eigenvalue weighted by molar-refractivity contribution is 7.07. The van der Waals surface area contributed by atoms with Gasteiger partial charge in [-0.1, -0.05) is 6.42 Å². The zero-order chi connectivity index (χ0) is 20.4. The molecule has 0 radical (unpaired) electrons. The average Bonchev–Trinajstić information content (AvgIpc) is 3.40. The first kappa shape index (κ1) is 18.9. The molecule has 2 aliphatic rings. The molecule has 5 rings (SSSR count). The van der Waals surface area contributed by atoms with E-state index in [4.69, 9.17) is 14.2 Å². The summed E-state index contributed by atoms with van der Waals surface area (Å²) in [5, 5.41) is 4.88. The number of anilines is 1. The highest BCUT2D eigenvalue weighted by Gasteiger charge is 2.42. The van der Waals surface area contributed by atoms with Crippen molar-refractivity contribution in [1.29, 1.82) is 0 Å². The SMILES string of the molecule is O=C(Nc1ccc2c(c1)OC1(CCCCC1)O2)c1ccc(OCc2cscn2)cc1. The van der Waals surface area contributed by atoms with Crippen LogP contribution < -0.4 is 19.5 Å². The van der Waals surface area contributed by atoms with Gasteiger partial charge in [0.2, 0.25) is 0 Å². The Balaban J connectivity index is 1.21. The zero-order valence-corrected chi connectivity index (χ0v) is 17.2. The number of nitrogens with zero attached hydrogens (tertiary/aromatic N) is 1. The Hall–Kier alpha value is -3.06. The Kier molecular flexibility index (Phi) is 5.04. The lowest BCUT2D eigenvalue weighted by atomic mass is 9.94. The fourth-order valence-corrected chi connectivity index (χ4v) is 4.38. The van der Waals surface area contributed by atoms with Gasteiger partial charge in [0.1, 0.15) is 12.4 Å². The fraction of sp³-hybridized carbons (Fsp3) is 0.304. The van der Waals surface area contributed by atoms with Gasteiger partial charge in [-0.2, -0.15) is 0 Å². The third-order valence-corrected chi connectivity index (χ3v) is 6.03. The number of fused-ring (bicyclic) bond motifs is 1. The second-order valence-electron chi connectivity index (χ2n) is 7.58. The monoisotopic (exact) mass is 422 g/mol. The molecular formula is C23H22N2O4S. The van der Waals surface area contributed by atoms with Crippen LogP contribution in [0.5, 0.6) is 17.2 Å². The second-order valence-corrected chi connectivity index (χ2v) is 8.30. The molecule has 1 fully saturated rings. The number of rotatable bonds is 5. The van der Waals surface area contributed by atoms with Crippen LogP contribution in [-0.2, 0) is 6.61 Å². The zero-order valence-electron chi connectivity index (χ0n) is 16.4. The van der Waals surface area contributed by atoms with E-state index in [1.807, 2.05) is 23.6 Å². The summed E-state index contributed by atoms with van der Waals surface area (Å²) < 4.78 is 17.9. The van der Waals surface area contributed by atoms with Gasteiger partial charge in [0, 0.05) is 35.5 Å². The van der Waals surface area contributed by atoms with Crippen molar-refractivity contribution in [3.8, 4) is 17.2 Å². The number of amides is 1. The van der Waals surface area contributed by atoms with Gasteiger partial charge in [-0.25, -0.2) is 4.98 Å². The van der Waals surface area contributed by atoms with Crippen LogP contribution in [-0.4, -0.2) is 16.7 Å². The standard InChI is InChI=1S/C23H22N2O4S/c26-22(16-4-7-19(8-5-16)27-13-18-14-30-15-24-18)25-17-6-9-20-21(12-17)29-23(28-20)10-2-1-3-11-23/h4-9,12,14-15H,1-3,10-11,13H2,(H,25,26). The van der Waals surface area contributed by atoms with E-state index >= 15 is 0 Å². The van der Waals surface area contributed by atoms with Crippen molar-refractivity contribution in [2.75, 3.05) is 5.32 Å². The van der Waals surface area contributed by atoms with Crippen LogP contribution in [0, 0.1) is 0 Å². The normalized spacial score (nSPS) is 16.4. The van der Waals surface area contributed by atoms with Crippen molar-refractivity contribution in [2.45, 2.75) is 44.5 Å². The molecule has 0 saturated heterocycles. The molecule has 1 spiro atoms. The molecule has 1 amide bonds. The van der Waals surface area contributed by atoms with Crippen molar-refractivity contribution >= 4 is 22.9 Å². The first-order valence-corrected chi connectivity index (χ1v) is 11.1. The molecule has 7 heteroatoms. The molecule has 1 saturated carbocycles. The molecule has 154 valence electrons. The van der Waals surface area contributed by atoms with Crippen LogP contribution in [0.3, 0.4) is 0 Å². The van der Waals surface area contributed by atoms with Gasteiger partial charge < -0.3 is 19.5 Å². The number of hydrogen-bond acceptors (Lipinski definition) is 6. The number of thiazole rings is 1. The molecule has 3 aromatic rings. The number of carbonyl (C=O) groups is 1. The van der Waals surface area contributed by atoms with Gasteiger partial charge in [-0.15, -0.1) is 11.3 Å². The molecule has 0 bridgehead atoms. The van der Waals surface area contributed by atoms with E-state index in [1.54, 1.807) is 29.8 Å². The van der Waals surface area contributed by atoms with Crippen LogP contribution >= 0.6 is 11.3 Å². The van der Waals surface area contributed by atoms with E-state index < -0.39 is 5.79 Å². The Bertz CT molecular complexity index is 1030. The summed E-state index contributed by atoms with van der Waals surface area (Å²) in [7, 11) is 0. The molecule has 1 aliphatic heterocycles. The molecule has 2 heterocycles. The molecule has 6 nitrogen and oxygen atoms in total. The summed E-state index contributed by atoms with van der Waals surface area (Å²) in [6.07, 6.45) is 5.25. The highest BCUT2D eigenvalue weighted by Crippen LogP contribution is 2.46. The van der Waals surface area contributed by atoms with Gasteiger partial charge in [0.25, 0.3) is 11.7 Å². The van der Waals surface area contributed by atoms with Crippen molar-refractivity contribution in [1.82, 2.24) is 4.98 Å². The van der Waals surface area contributed by atoms with E-state index in [0.717, 1.165) is 37.1 Å². The lowest BCUT2D eigenvalue weighted by Gasteiger charge is -2.31. The van der Waals surface area contributed by atoms with Crippen molar-refractivity contribution < 1.29 is 19.0 Å². The summed E-state index contributed by atoms with van der Waals surface area (Å²) in [5.41, 5.74) is 3.90. The number of carbonyl (C=O) groups excluding carboxylic acids is 1. The Morgan fingerprint density at radius 1 is 1.07 bits per heavy atom. The smallest absolute Gasteiger partial charge is 0.255 e. The van der Waals surface area contributed by atoms with Crippen LogP contribution in [0.15, 0.2) is 53.4 Å². The molecule has 0 atom stereocenters. The number of benzene rings is 2. The average molecular weight is 423 g/mol. The number of aromatic nitrogens is 1. The summed E-state index contributed by atoms with van der Waals surface area (Å²) in [6, 6.07) is 12.6. The summed E-state index contributed by atoms with van der Waals surface area (Å²) in [5.74, 6) is 1.43. The minimum Gasteiger partial charge on any atom is -0.487 e. The quantitative estimate of drug-likeness (QED) is 0.596. The van der Waals surface area contributed by atoms with Crippen LogP contribution in [0.4, 0.5) is 5.69 Å². The maximum atomic E-state index is 12.6. The second kappa shape index (κ2) is 7.99. The Morgan fingerprint density at radius 3 is 2.63 bits per heavy atom. The Morgan fingerprint density at radius 2 is 1.87 bits per heavy atom. The van der Waals surface area contributed by atoms with Gasteiger partial charge in [0.15, 0.2) is 11.5 Å². The van der Waals surface area contributed by atoms with Gasteiger partial charge in [-0.3, -0.25) is 4.79 Å². The summed E-state index contributed by atoms with van der Waals surface area (Å²) >= 11 is 1.53. The highest BCUT2D eigenvalue weighted by atomic mass is 32.1. The molecule has 0 unspecified atom stereocenters. The third-order valence-electron chi connectivity index (χ3n) is 5.40. The van der Waals surface area contributed by atoms with E-state index in [1.165, 1.54) is 17.8 Å². The van der Waals surface area contributed by atoms with Crippen LogP contribution in [0.25, 0.3) is 0 Å². The summed E-state index contributed by atoms with van der Waals surface area (Å²) in [4.78, 5) is 16.8. The maximum absolute atomic E-state index is 12.6. The third kappa shape index (κ3) is 3.98. The predicted molar refractivity (Wildman–Crippen MR) is 114 cm³/mol. The maximum Gasteiger partial charge on any atom is 0.255 e. The molecule has 1 N–H and O–H groups in total. The van der Waals surface area contributed by atoms with E-state index in [0.29, 0.717) is 29.4 Å². The van der Waals surface area contributed by atoms with Crippen molar-refractivity contribution in [3.05, 3.63) is 64.6 Å². The molecule has 2 aromatic carbocycles. The molecule has 30 heavy (non-hydrogen) atoms. The van der Waals surface area contributed by atoms with Gasteiger partial charge >= 0.3 is 0 Å². The van der Waals surface area contributed by atoms with Crippen molar-refractivity contribution in [2.24, 2.45) is 0 Å². The van der Waals surface area contributed by atoms with E-state index in [-0.39, 0.29) is 5.91 Å². The lowest BCUT2D eigenvalue weighted by molar-refractivity contribution is -0.105. The first-order valence-electron chi connectivity index (χ1n) is 10.1. The first-order chi connectivity index (χ1) is 14.7. The number of ether oxygens (including phenoxy) is 3. The van der Waals surface area contributed by atoms with Crippen LogP contribution in [0.2, 0.25) is 0 Å². The fourth-order valence-electron chi connectivity index (χ4n) is 3.84. The predicted octanol–water partition coefficient (Wildman–Crippen LogP) is 5.41. The summed E-state index contributed by atoms with van der Waals surface area (Å²) in [6.45, 7) is 0.410.